The molecule has 3 aromatic carbocycles. The number of carbonyl (C=O) groups is 2. The maximum absolute atomic E-state index is 12.4. The molecule has 0 spiro atoms. The van der Waals surface area contributed by atoms with Crippen molar-refractivity contribution in [1.29, 1.82) is 0 Å². The third-order valence-corrected chi connectivity index (χ3v) is 5.70. The molecule has 0 aliphatic rings. The van der Waals surface area contributed by atoms with Crippen LogP contribution in [0.1, 0.15) is 29.7 Å². The van der Waals surface area contributed by atoms with Crippen molar-refractivity contribution >= 4 is 17.9 Å². The van der Waals surface area contributed by atoms with Crippen LogP contribution in [0.25, 0.3) is 11.3 Å². The van der Waals surface area contributed by atoms with Crippen LogP contribution in [0.15, 0.2) is 95.7 Å². The zero-order valence-corrected chi connectivity index (χ0v) is 19.8. The van der Waals surface area contributed by atoms with Crippen molar-refractivity contribution < 1.29 is 23.8 Å². The van der Waals surface area contributed by atoms with E-state index in [1.807, 2.05) is 84.9 Å². The lowest BCUT2D eigenvalue weighted by molar-refractivity contribution is -0.139. The molecule has 1 heterocycles. The summed E-state index contributed by atoms with van der Waals surface area (Å²) in [7, 11) is 0. The summed E-state index contributed by atoms with van der Waals surface area (Å²) < 4.78 is 10.8. The van der Waals surface area contributed by atoms with Crippen LogP contribution >= 0.6 is 0 Å². The van der Waals surface area contributed by atoms with Gasteiger partial charge in [-0.2, -0.15) is 0 Å². The molecule has 8 heteroatoms. The van der Waals surface area contributed by atoms with Crippen LogP contribution in [0.3, 0.4) is 0 Å². The highest BCUT2D eigenvalue weighted by Crippen LogP contribution is 2.27. The summed E-state index contributed by atoms with van der Waals surface area (Å²) >= 11 is 0. The number of aromatic nitrogens is 1. The van der Waals surface area contributed by atoms with Crippen molar-refractivity contribution in [1.82, 2.24) is 10.3 Å². The van der Waals surface area contributed by atoms with E-state index in [9.17, 15) is 14.7 Å². The summed E-state index contributed by atoms with van der Waals surface area (Å²) in [5.41, 5.74) is 3.94. The third-order valence-electron chi connectivity index (χ3n) is 5.70. The number of nitrogens with one attached hydrogen (secondary N) is 2. The molecule has 0 fully saturated rings. The minimum Gasteiger partial charge on any atom is -0.480 e. The Morgan fingerprint density at radius 3 is 2.28 bits per heavy atom. The van der Waals surface area contributed by atoms with Crippen LogP contribution in [-0.4, -0.2) is 28.2 Å². The number of anilines is 1. The zero-order valence-electron chi connectivity index (χ0n) is 19.8. The number of rotatable bonds is 10. The van der Waals surface area contributed by atoms with Gasteiger partial charge >= 0.3 is 12.1 Å². The highest BCUT2D eigenvalue weighted by atomic mass is 16.6. The first-order chi connectivity index (χ1) is 17.5. The molecule has 184 valence electrons. The molecule has 0 aliphatic heterocycles. The average molecular weight is 486 g/mol. The number of ether oxygens (including phenoxy) is 1. The number of hydrogen-bond acceptors (Lipinski definition) is 6. The quantitative estimate of drug-likeness (QED) is 0.274. The highest BCUT2D eigenvalue weighted by molar-refractivity contribution is 5.87. The van der Waals surface area contributed by atoms with Gasteiger partial charge in [-0.05, 0) is 30.0 Å². The molecule has 0 saturated heterocycles. The van der Waals surface area contributed by atoms with Gasteiger partial charge in [0.15, 0.2) is 6.39 Å². The Morgan fingerprint density at radius 1 is 0.944 bits per heavy atom. The second-order valence-electron chi connectivity index (χ2n) is 8.27. The lowest BCUT2D eigenvalue weighted by Gasteiger charge is -2.15. The van der Waals surface area contributed by atoms with E-state index in [1.165, 1.54) is 6.39 Å². The van der Waals surface area contributed by atoms with E-state index in [0.29, 0.717) is 18.7 Å². The standard InChI is InChI=1S/C28H27N3O5/c1-19(22-10-6-3-7-11-22)36-28(34)31-26-25(30-18-35-26)23-14-12-21(13-15-23)17-29-24(27(32)33)16-20-8-4-2-5-9-20/h2-15,18-19,24,29H,16-17H2,1H3,(H,31,34)(H,32,33). The van der Waals surface area contributed by atoms with Crippen LogP contribution in [0.5, 0.6) is 0 Å². The molecular weight excluding hydrogens is 458 g/mol. The van der Waals surface area contributed by atoms with Gasteiger partial charge in [0.1, 0.15) is 17.8 Å². The van der Waals surface area contributed by atoms with Crippen LogP contribution in [-0.2, 0) is 22.5 Å². The van der Waals surface area contributed by atoms with Gasteiger partial charge < -0.3 is 19.6 Å². The lowest BCUT2D eigenvalue weighted by Crippen LogP contribution is -2.38. The number of benzene rings is 3. The number of amides is 1. The lowest BCUT2D eigenvalue weighted by atomic mass is 10.1. The SMILES string of the molecule is CC(OC(=O)Nc1ocnc1-c1ccc(CNC(Cc2ccccc2)C(=O)O)cc1)c1ccccc1. The van der Waals surface area contributed by atoms with Crippen LogP contribution in [0.4, 0.5) is 10.7 Å². The van der Waals surface area contributed by atoms with Crippen molar-refractivity contribution in [3.05, 3.63) is 108 Å². The minimum absolute atomic E-state index is 0.180. The Balaban J connectivity index is 1.35. The van der Waals surface area contributed by atoms with Gasteiger partial charge in [-0.3, -0.25) is 10.1 Å². The van der Waals surface area contributed by atoms with E-state index < -0.39 is 24.2 Å². The fraction of sp³-hybridized carbons (Fsp3) is 0.179. The molecule has 0 saturated carbocycles. The van der Waals surface area contributed by atoms with Crippen LogP contribution < -0.4 is 10.6 Å². The molecule has 0 aliphatic carbocycles. The summed E-state index contributed by atoms with van der Waals surface area (Å²) in [4.78, 5) is 28.3. The second-order valence-corrected chi connectivity index (χ2v) is 8.27. The molecule has 3 N–H and O–H groups in total. The van der Waals surface area contributed by atoms with Gasteiger partial charge in [0, 0.05) is 12.1 Å². The van der Waals surface area contributed by atoms with Gasteiger partial charge in [-0.1, -0.05) is 84.9 Å². The molecule has 8 nitrogen and oxygen atoms in total. The van der Waals surface area contributed by atoms with E-state index in [4.69, 9.17) is 9.15 Å². The zero-order chi connectivity index (χ0) is 25.3. The molecule has 0 bridgehead atoms. The Bertz CT molecular complexity index is 1270. The Morgan fingerprint density at radius 2 is 1.61 bits per heavy atom. The molecule has 36 heavy (non-hydrogen) atoms. The predicted octanol–water partition coefficient (Wildman–Crippen LogP) is 5.44. The number of carboxylic acid groups (broad SMARTS) is 1. The third kappa shape index (κ3) is 6.58. The average Bonchev–Trinajstić information content (AvgIpc) is 3.35. The normalized spacial score (nSPS) is 12.5. The number of aliphatic carboxylic acids is 1. The summed E-state index contributed by atoms with van der Waals surface area (Å²) in [5.74, 6) is -0.720. The van der Waals surface area contributed by atoms with Gasteiger partial charge in [0.05, 0.1) is 0 Å². The molecule has 4 rings (SSSR count). The fourth-order valence-corrected chi connectivity index (χ4v) is 3.73. The summed E-state index contributed by atoms with van der Waals surface area (Å²) in [6.07, 6.45) is 0.563. The maximum Gasteiger partial charge on any atom is 0.414 e. The van der Waals surface area contributed by atoms with Gasteiger partial charge in [0.2, 0.25) is 5.88 Å². The van der Waals surface area contributed by atoms with Gasteiger partial charge in [-0.15, -0.1) is 0 Å². The minimum atomic E-state index is -0.901. The topological polar surface area (TPSA) is 114 Å². The van der Waals surface area contributed by atoms with E-state index in [2.05, 4.69) is 15.6 Å². The summed E-state index contributed by atoms with van der Waals surface area (Å²) in [6.45, 7) is 2.18. The summed E-state index contributed by atoms with van der Waals surface area (Å²) in [6, 6.07) is 25.6. The first kappa shape index (κ1) is 24.7. The highest BCUT2D eigenvalue weighted by Gasteiger charge is 2.19. The Hall–Kier alpha value is -4.43. The molecule has 2 atom stereocenters. The first-order valence-electron chi connectivity index (χ1n) is 11.5. The predicted molar refractivity (Wildman–Crippen MR) is 135 cm³/mol. The number of carbonyl (C=O) groups excluding carboxylic acids is 1. The largest absolute Gasteiger partial charge is 0.480 e. The molecule has 4 aromatic rings. The van der Waals surface area contributed by atoms with Crippen LogP contribution in [0, 0.1) is 0 Å². The van der Waals surface area contributed by atoms with Crippen molar-refractivity contribution in [3.63, 3.8) is 0 Å². The maximum atomic E-state index is 12.4. The number of oxazole rings is 1. The molecule has 2 unspecified atom stereocenters. The smallest absolute Gasteiger partial charge is 0.414 e. The molecule has 1 aromatic heterocycles. The second kappa shape index (κ2) is 11.8. The first-order valence-corrected chi connectivity index (χ1v) is 11.5. The Kier molecular flexibility index (Phi) is 8.10. The van der Waals surface area contributed by atoms with Crippen molar-refractivity contribution in [2.45, 2.75) is 32.0 Å². The summed E-state index contributed by atoms with van der Waals surface area (Å²) in [5, 5.41) is 15.3. The van der Waals surface area contributed by atoms with Crippen molar-refractivity contribution in [3.8, 4) is 11.3 Å². The van der Waals surface area contributed by atoms with E-state index in [-0.39, 0.29) is 5.88 Å². The molecular formula is C28H27N3O5. The van der Waals surface area contributed by atoms with E-state index >= 15 is 0 Å². The number of nitrogens with zero attached hydrogens (tertiary/aromatic N) is 1. The van der Waals surface area contributed by atoms with E-state index in [1.54, 1.807) is 6.92 Å². The Labute approximate surface area is 209 Å². The molecule has 1 amide bonds. The van der Waals surface area contributed by atoms with Crippen molar-refractivity contribution in [2.24, 2.45) is 0 Å². The van der Waals surface area contributed by atoms with Crippen molar-refractivity contribution in [2.75, 3.05) is 5.32 Å². The number of hydrogen-bond donors (Lipinski definition) is 3. The van der Waals surface area contributed by atoms with E-state index in [0.717, 1.165) is 22.3 Å². The monoisotopic (exact) mass is 485 g/mol. The van der Waals surface area contributed by atoms with Crippen LogP contribution in [0.2, 0.25) is 0 Å². The molecule has 0 radical (unpaired) electrons. The van der Waals surface area contributed by atoms with Gasteiger partial charge in [0.25, 0.3) is 0 Å². The van der Waals surface area contributed by atoms with Gasteiger partial charge in [-0.25, -0.2) is 9.78 Å². The number of carboxylic acids is 1. The fourth-order valence-electron chi connectivity index (χ4n) is 3.73.